The molecule has 2 aromatic carbocycles. The van der Waals surface area contributed by atoms with Gasteiger partial charge in [0.25, 0.3) is 0 Å². The van der Waals surface area contributed by atoms with E-state index in [1.807, 2.05) is 12.1 Å². The van der Waals surface area contributed by atoms with Crippen molar-refractivity contribution in [1.82, 2.24) is 5.32 Å². The first-order chi connectivity index (χ1) is 13.7. The topological polar surface area (TPSA) is 98.3 Å². The van der Waals surface area contributed by atoms with E-state index in [9.17, 15) is 19.5 Å². The van der Waals surface area contributed by atoms with Gasteiger partial charge >= 0.3 is 29.6 Å². The van der Waals surface area contributed by atoms with Gasteiger partial charge in [-0.3, -0.25) is 9.59 Å². The summed E-state index contributed by atoms with van der Waals surface area (Å²) in [6.45, 7) is 1.41. The third-order valence-corrected chi connectivity index (χ3v) is 5.85. The van der Waals surface area contributed by atoms with Gasteiger partial charge in [-0.05, 0) is 48.7 Å². The summed E-state index contributed by atoms with van der Waals surface area (Å²) in [4.78, 5) is 35.7. The summed E-state index contributed by atoms with van der Waals surface area (Å²) in [6.07, 6.45) is 0.894. The Morgan fingerprint density at radius 1 is 1.17 bits per heavy atom. The molecule has 0 spiro atoms. The number of amides is 2. The number of benzene rings is 2. The molecule has 0 aliphatic carbocycles. The normalized spacial score (nSPS) is 17.4. The van der Waals surface area contributed by atoms with E-state index in [0.717, 1.165) is 12.0 Å². The molecule has 2 atom stereocenters. The standard InChI is InChI=1S/C21H20Cl2N2O4.Na/c1-21(20(28)29,13-4-7-15(22)16(23)10-13)11-19(27)24-14-5-2-12(3-6-14)17-8-9-18(26)25-17;/h2-7,10,17H,8-9,11H2,1H3,(H,24,27)(H,25,26)(H,28,29);/q;+1/p-1. The molecular formula is C21H19Cl2N2NaO4. The van der Waals surface area contributed by atoms with Gasteiger partial charge in [-0.2, -0.15) is 0 Å². The summed E-state index contributed by atoms with van der Waals surface area (Å²) in [5.41, 5.74) is 0.225. The van der Waals surface area contributed by atoms with Crippen molar-refractivity contribution in [3.63, 3.8) is 0 Å². The number of halogens is 2. The van der Waals surface area contributed by atoms with Gasteiger partial charge in [0.15, 0.2) is 0 Å². The van der Waals surface area contributed by atoms with E-state index in [1.54, 1.807) is 12.1 Å². The number of hydrogen-bond acceptors (Lipinski definition) is 4. The second-order valence-electron chi connectivity index (χ2n) is 7.25. The quantitative estimate of drug-likeness (QED) is 0.597. The van der Waals surface area contributed by atoms with Crippen molar-refractivity contribution < 1.29 is 49.0 Å². The largest absolute Gasteiger partial charge is 1.00 e. The number of nitrogens with one attached hydrogen (secondary N) is 2. The summed E-state index contributed by atoms with van der Waals surface area (Å²) in [6, 6.07) is 11.5. The summed E-state index contributed by atoms with van der Waals surface area (Å²) < 4.78 is 0. The zero-order valence-corrected chi connectivity index (χ0v) is 20.1. The van der Waals surface area contributed by atoms with E-state index in [1.165, 1.54) is 25.1 Å². The van der Waals surface area contributed by atoms with Gasteiger partial charge in [0, 0.05) is 23.9 Å². The first-order valence-electron chi connectivity index (χ1n) is 9.05. The van der Waals surface area contributed by atoms with Gasteiger partial charge < -0.3 is 20.5 Å². The molecule has 3 rings (SSSR count). The Morgan fingerprint density at radius 2 is 1.83 bits per heavy atom. The van der Waals surface area contributed by atoms with Crippen LogP contribution >= 0.6 is 23.2 Å². The van der Waals surface area contributed by atoms with Crippen LogP contribution in [-0.2, 0) is 19.8 Å². The summed E-state index contributed by atoms with van der Waals surface area (Å²) in [7, 11) is 0. The van der Waals surface area contributed by atoms with Crippen LogP contribution in [0.15, 0.2) is 42.5 Å². The van der Waals surface area contributed by atoms with E-state index in [4.69, 9.17) is 23.2 Å². The molecule has 0 saturated carbocycles. The van der Waals surface area contributed by atoms with E-state index in [-0.39, 0.29) is 52.9 Å². The van der Waals surface area contributed by atoms with E-state index < -0.39 is 17.3 Å². The maximum atomic E-state index is 12.5. The van der Waals surface area contributed by atoms with Crippen molar-refractivity contribution in [2.45, 2.75) is 37.6 Å². The Balaban J connectivity index is 0.00000320. The van der Waals surface area contributed by atoms with Crippen LogP contribution in [0.4, 0.5) is 5.69 Å². The molecule has 0 bridgehead atoms. The Kier molecular flexibility index (Phi) is 8.36. The number of hydrogen-bond donors (Lipinski definition) is 2. The van der Waals surface area contributed by atoms with Gasteiger partial charge in [-0.15, -0.1) is 0 Å². The van der Waals surface area contributed by atoms with Crippen LogP contribution in [0.3, 0.4) is 0 Å². The smallest absolute Gasteiger partial charge is 0.549 e. The van der Waals surface area contributed by atoms with Crippen molar-refractivity contribution in [1.29, 1.82) is 0 Å². The molecule has 30 heavy (non-hydrogen) atoms. The van der Waals surface area contributed by atoms with Crippen LogP contribution in [0.5, 0.6) is 0 Å². The second kappa shape index (κ2) is 10.2. The second-order valence-corrected chi connectivity index (χ2v) is 8.07. The number of rotatable bonds is 6. The molecule has 0 aromatic heterocycles. The number of anilines is 1. The number of carbonyl (C=O) groups excluding carboxylic acids is 3. The summed E-state index contributed by atoms with van der Waals surface area (Å²) in [5.74, 6) is -1.85. The van der Waals surface area contributed by atoms with Crippen molar-refractivity contribution in [2.24, 2.45) is 0 Å². The van der Waals surface area contributed by atoms with Crippen LogP contribution in [-0.4, -0.2) is 17.8 Å². The van der Waals surface area contributed by atoms with E-state index in [0.29, 0.717) is 22.7 Å². The monoisotopic (exact) mass is 456 g/mol. The summed E-state index contributed by atoms with van der Waals surface area (Å²) >= 11 is 11.9. The van der Waals surface area contributed by atoms with Gasteiger partial charge in [0.1, 0.15) is 0 Å². The van der Waals surface area contributed by atoms with Crippen molar-refractivity contribution in [3.05, 3.63) is 63.6 Å². The first-order valence-corrected chi connectivity index (χ1v) is 9.81. The van der Waals surface area contributed by atoms with Gasteiger partial charge in [0.2, 0.25) is 11.8 Å². The molecule has 2 unspecified atom stereocenters. The molecule has 1 aliphatic rings. The van der Waals surface area contributed by atoms with Crippen LogP contribution in [0, 0.1) is 0 Å². The fourth-order valence-corrected chi connectivity index (χ4v) is 3.62. The predicted octanol–water partition coefficient (Wildman–Crippen LogP) is -0.0151. The Hall–Kier alpha value is -1.57. The molecule has 152 valence electrons. The molecule has 1 saturated heterocycles. The Bertz CT molecular complexity index is 968. The average Bonchev–Trinajstić information content (AvgIpc) is 3.10. The molecule has 1 aliphatic heterocycles. The molecule has 9 heteroatoms. The Labute approximate surface area is 206 Å². The van der Waals surface area contributed by atoms with Gasteiger partial charge in [-0.25, -0.2) is 0 Å². The molecule has 0 radical (unpaired) electrons. The number of aliphatic carboxylic acids is 1. The molecule has 2 aromatic rings. The number of carboxylic acids is 1. The van der Waals surface area contributed by atoms with E-state index in [2.05, 4.69) is 10.6 Å². The minimum absolute atomic E-state index is 0. The van der Waals surface area contributed by atoms with Crippen molar-refractivity contribution in [2.75, 3.05) is 5.32 Å². The third-order valence-electron chi connectivity index (χ3n) is 5.11. The van der Waals surface area contributed by atoms with Crippen LogP contribution < -0.4 is 45.3 Å². The fourth-order valence-electron chi connectivity index (χ4n) is 3.32. The first kappa shape index (κ1) is 24.7. The third kappa shape index (κ3) is 5.56. The van der Waals surface area contributed by atoms with Crippen LogP contribution in [0.25, 0.3) is 0 Å². The van der Waals surface area contributed by atoms with Crippen LogP contribution in [0.1, 0.15) is 43.4 Å². The van der Waals surface area contributed by atoms with Crippen molar-refractivity contribution in [3.8, 4) is 0 Å². The van der Waals surface area contributed by atoms with Crippen LogP contribution in [0.2, 0.25) is 10.0 Å². The average molecular weight is 457 g/mol. The SMILES string of the molecule is CC(CC(=O)Nc1ccc(C2CCC(=O)N2)cc1)(C(=O)[O-])c1ccc(Cl)c(Cl)c1.[Na+]. The van der Waals surface area contributed by atoms with Gasteiger partial charge in [0.05, 0.1) is 22.1 Å². The van der Waals surface area contributed by atoms with E-state index >= 15 is 0 Å². The molecule has 1 fully saturated rings. The van der Waals surface area contributed by atoms with Gasteiger partial charge in [-0.1, -0.05) is 41.4 Å². The molecule has 6 nitrogen and oxygen atoms in total. The minimum atomic E-state index is -1.58. The Morgan fingerprint density at radius 3 is 2.37 bits per heavy atom. The molecular weight excluding hydrogens is 438 g/mol. The maximum Gasteiger partial charge on any atom is 1.00 e. The van der Waals surface area contributed by atoms with Crippen molar-refractivity contribution >= 4 is 46.7 Å². The summed E-state index contributed by atoms with van der Waals surface area (Å²) in [5, 5.41) is 17.9. The molecule has 2 amide bonds. The number of carbonyl (C=O) groups is 3. The molecule has 1 heterocycles. The maximum absolute atomic E-state index is 12.5. The molecule has 2 N–H and O–H groups in total. The zero-order chi connectivity index (χ0) is 21.2. The predicted molar refractivity (Wildman–Crippen MR) is 109 cm³/mol. The minimum Gasteiger partial charge on any atom is -0.549 e. The number of carboxylic acid groups (broad SMARTS) is 1. The zero-order valence-electron chi connectivity index (χ0n) is 16.6. The fraction of sp³-hybridized carbons (Fsp3) is 0.286.